The van der Waals surface area contributed by atoms with E-state index in [0.29, 0.717) is 29.1 Å². The lowest BCUT2D eigenvalue weighted by atomic mass is 9.98. The van der Waals surface area contributed by atoms with Crippen molar-refractivity contribution >= 4 is 35.2 Å². The molecule has 0 unspecified atom stereocenters. The van der Waals surface area contributed by atoms with Crippen LogP contribution in [-0.4, -0.2) is 35.6 Å². The summed E-state index contributed by atoms with van der Waals surface area (Å²) in [7, 11) is 0. The minimum Gasteiger partial charge on any atom is -0.396 e. The molecular weight excluding hydrogens is 297 g/mol. The molecule has 2 rings (SSSR count). The van der Waals surface area contributed by atoms with Crippen LogP contribution in [0.4, 0.5) is 0 Å². The van der Waals surface area contributed by atoms with Crippen LogP contribution in [0.5, 0.6) is 0 Å². The van der Waals surface area contributed by atoms with E-state index in [1.165, 1.54) is 0 Å². The van der Waals surface area contributed by atoms with Gasteiger partial charge in [-0.05, 0) is 42.5 Å². The van der Waals surface area contributed by atoms with Gasteiger partial charge in [-0.2, -0.15) is 0 Å². The Morgan fingerprint density at radius 1 is 1.30 bits per heavy atom. The third-order valence-electron chi connectivity index (χ3n) is 3.55. The first-order chi connectivity index (χ1) is 9.60. The molecule has 0 spiro atoms. The number of aliphatic hydroxyl groups excluding tert-OH is 1. The first-order valence-electron chi connectivity index (χ1n) is 6.63. The maximum absolute atomic E-state index is 12.0. The minimum absolute atomic E-state index is 0.00698. The lowest BCUT2D eigenvalue weighted by Gasteiger charge is -2.30. The molecule has 5 heteroatoms. The van der Waals surface area contributed by atoms with E-state index in [9.17, 15) is 4.79 Å². The zero-order chi connectivity index (χ0) is 14.5. The van der Waals surface area contributed by atoms with Gasteiger partial charge in [0.05, 0.1) is 10.0 Å². The SMILES string of the molecule is O=C(/C=C/c1ccc(Cl)c(Cl)c1)N1CCC(CO)CC1. The molecule has 1 aliphatic rings. The fourth-order valence-corrected chi connectivity index (χ4v) is 2.53. The highest BCUT2D eigenvalue weighted by atomic mass is 35.5. The molecule has 1 saturated heterocycles. The second-order valence-corrected chi connectivity index (χ2v) is 5.77. The van der Waals surface area contributed by atoms with Crippen LogP contribution in [0.3, 0.4) is 0 Å². The van der Waals surface area contributed by atoms with Crippen molar-refractivity contribution in [3.05, 3.63) is 39.9 Å². The second kappa shape index (κ2) is 7.11. The van der Waals surface area contributed by atoms with Crippen molar-refractivity contribution < 1.29 is 9.90 Å². The van der Waals surface area contributed by atoms with Gasteiger partial charge in [-0.25, -0.2) is 0 Å². The highest BCUT2D eigenvalue weighted by Crippen LogP contribution is 2.23. The monoisotopic (exact) mass is 313 g/mol. The second-order valence-electron chi connectivity index (χ2n) is 4.96. The van der Waals surface area contributed by atoms with Gasteiger partial charge in [-0.1, -0.05) is 29.3 Å². The van der Waals surface area contributed by atoms with Crippen LogP contribution in [0.2, 0.25) is 10.0 Å². The summed E-state index contributed by atoms with van der Waals surface area (Å²) < 4.78 is 0. The number of carbonyl (C=O) groups excluding carboxylic acids is 1. The number of hydrogen-bond acceptors (Lipinski definition) is 2. The number of likely N-dealkylation sites (tertiary alicyclic amines) is 1. The number of rotatable bonds is 3. The highest BCUT2D eigenvalue weighted by molar-refractivity contribution is 6.42. The van der Waals surface area contributed by atoms with Gasteiger partial charge < -0.3 is 10.0 Å². The number of nitrogens with zero attached hydrogens (tertiary/aromatic N) is 1. The van der Waals surface area contributed by atoms with Crippen molar-refractivity contribution in [1.82, 2.24) is 4.90 Å². The molecule has 0 bridgehead atoms. The molecule has 0 saturated carbocycles. The standard InChI is InChI=1S/C15H17Cl2NO2/c16-13-3-1-11(9-14(13)17)2-4-15(20)18-7-5-12(10-19)6-8-18/h1-4,9,12,19H,5-8,10H2/b4-2+. The number of benzene rings is 1. The Kier molecular flexibility index (Phi) is 5.46. The molecule has 1 aromatic rings. The van der Waals surface area contributed by atoms with Crippen molar-refractivity contribution in [3.8, 4) is 0 Å². The van der Waals surface area contributed by atoms with Gasteiger partial charge in [0.25, 0.3) is 0 Å². The molecule has 1 aromatic carbocycles. The van der Waals surface area contributed by atoms with E-state index in [1.54, 1.807) is 29.2 Å². The Balaban J connectivity index is 1.94. The van der Waals surface area contributed by atoms with Crippen LogP contribution < -0.4 is 0 Å². The fourth-order valence-electron chi connectivity index (χ4n) is 2.22. The van der Waals surface area contributed by atoms with Gasteiger partial charge in [-0.3, -0.25) is 4.79 Å². The van der Waals surface area contributed by atoms with Gasteiger partial charge in [-0.15, -0.1) is 0 Å². The minimum atomic E-state index is -0.00698. The lowest BCUT2D eigenvalue weighted by molar-refractivity contribution is -0.127. The maximum Gasteiger partial charge on any atom is 0.246 e. The molecule has 1 aliphatic heterocycles. The summed E-state index contributed by atoms with van der Waals surface area (Å²) in [6.45, 7) is 1.62. The number of hydrogen-bond donors (Lipinski definition) is 1. The summed E-state index contributed by atoms with van der Waals surface area (Å²) in [4.78, 5) is 13.8. The zero-order valence-electron chi connectivity index (χ0n) is 11.1. The molecule has 20 heavy (non-hydrogen) atoms. The van der Waals surface area contributed by atoms with Crippen LogP contribution in [0.25, 0.3) is 6.08 Å². The van der Waals surface area contributed by atoms with Gasteiger partial charge in [0.2, 0.25) is 5.91 Å². The van der Waals surface area contributed by atoms with E-state index in [4.69, 9.17) is 28.3 Å². The Morgan fingerprint density at radius 2 is 2.00 bits per heavy atom. The van der Waals surface area contributed by atoms with Crippen molar-refractivity contribution in [2.75, 3.05) is 19.7 Å². The third-order valence-corrected chi connectivity index (χ3v) is 4.29. The first-order valence-corrected chi connectivity index (χ1v) is 7.38. The van der Waals surface area contributed by atoms with E-state index in [2.05, 4.69) is 0 Å². The summed E-state index contributed by atoms with van der Waals surface area (Å²) in [5.74, 6) is 0.325. The average Bonchev–Trinajstić information content (AvgIpc) is 2.48. The Hall–Kier alpha value is -1.03. The zero-order valence-corrected chi connectivity index (χ0v) is 12.6. The Labute approximate surface area is 128 Å². The van der Waals surface area contributed by atoms with Crippen molar-refractivity contribution in [2.45, 2.75) is 12.8 Å². The predicted molar refractivity (Wildman–Crippen MR) is 81.9 cm³/mol. The number of amides is 1. The summed E-state index contributed by atoms with van der Waals surface area (Å²) in [5.41, 5.74) is 0.845. The average molecular weight is 314 g/mol. The summed E-state index contributed by atoms with van der Waals surface area (Å²) >= 11 is 11.8. The van der Waals surface area contributed by atoms with E-state index >= 15 is 0 Å². The van der Waals surface area contributed by atoms with Crippen LogP contribution in [-0.2, 0) is 4.79 Å². The van der Waals surface area contributed by atoms with E-state index in [-0.39, 0.29) is 12.5 Å². The smallest absolute Gasteiger partial charge is 0.246 e. The van der Waals surface area contributed by atoms with E-state index in [0.717, 1.165) is 18.4 Å². The Bertz CT molecular complexity index is 509. The lowest BCUT2D eigenvalue weighted by Crippen LogP contribution is -2.38. The summed E-state index contributed by atoms with van der Waals surface area (Å²) in [6.07, 6.45) is 5.02. The first kappa shape index (κ1) is 15.4. The molecule has 0 atom stereocenters. The molecule has 1 fully saturated rings. The predicted octanol–water partition coefficient (Wildman–Crippen LogP) is 3.24. The van der Waals surface area contributed by atoms with Gasteiger partial charge in [0.15, 0.2) is 0 Å². The molecule has 1 N–H and O–H groups in total. The number of aliphatic hydroxyl groups is 1. The van der Waals surface area contributed by atoms with E-state index < -0.39 is 0 Å². The highest BCUT2D eigenvalue weighted by Gasteiger charge is 2.20. The van der Waals surface area contributed by atoms with Gasteiger partial charge in [0.1, 0.15) is 0 Å². The molecule has 1 heterocycles. The largest absolute Gasteiger partial charge is 0.396 e. The molecule has 108 valence electrons. The Morgan fingerprint density at radius 3 is 2.60 bits per heavy atom. The number of piperidine rings is 1. The van der Waals surface area contributed by atoms with Gasteiger partial charge >= 0.3 is 0 Å². The fraction of sp³-hybridized carbons (Fsp3) is 0.400. The molecule has 1 amide bonds. The maximum atomic E-state index is 12.0. The van der Waals surface area contributed by atoms with Crippen LogP contribution in [0, 0.1) is 5.92 Å². The quantitative estimate of drug-likeness (QED) is 0.870. The molecular formula is C15H17Cl2NO2. The molecule has 3 nitrogen and oxygen atoms in total. The number of halogens is 2. The third kappa shape index (κ3) is 3.98. The molecule has 0 aromatic heterocycles. The summed E-state index contributed by atoms with van der Waals surface area (Å²) in [5, 5.41) is 10.1. The normalized spacial score (nSPS) is 16.9. The van der Waals surface area contributed by atoms with Crippen LogP contribution >= 0.6 is 23.2 Å². The van der Waals surface area contributed by atoms with E-state index in [1.807, 2.05) is 6.07 Å². The topological polar surface area (TPSA) is 40.5 Å². The summed E-state index contributed by atoms with van der Waals surface area (Å²) in [6, 6.07) is 5.25. The van der Waals surface area contributed by atoms with Crippen LogP contribution in [0.15, 0.2) is 24.3 Å². The number of carbonyl (C=O) groups is 1. The van der Waals surface area contributed by atoms with Crippen molar-refractivity contribution in [2.24, 2.45) is 5.92 Å². The van der Waals surface area contributed by atoms with Crippen LogP contribution in [0.1, 0.15) is 18.4 Å². The van der Waals surface area contributed by atoms with Crippen molar-refractivity contribution in [1.29, 1.82) is 0 Å². The van der Waals surface area contributed by atoms with Crippen molar-refractivity contribution in [3.63, 3.8) is 0 Å². The molecule has 0 radical (unpaired) electrons. The molecule has 0 aliphatic carbocycles. The van der Waals surface area contributed by atoms with Gasteiger partial charge in [0, 0.05) is 25.8 Å².